The summed E-state index contributed by atoms with van der Waals surface area (Å²) in [5.41, 5.74) is 5.38. The molecule has 1 aliphatic carbocycles. The summed E-state index contributed by atoms with van der Waals surface area (Å²) in [5, 5.41) is 12.6. The number of hydrogen-bond acceptors (Lipinski definition) is 10. The van der Waals surface area contributed by atoms with Crippen molar-refractivity contribution in [2.24, 2.45) is 0 Å². The highest BCUT2D eigenvalue weighted by Crippen LogP contribution is 2.49. The Bertz CT molecular complexity index is 1100. The molecule has 2 heterocycles. The van der Waals surface area contributed by atoms with Gasteiger partial charge in [0, 0.05) is 0 Å². The van der Waals surface area contributed by atoms with Crippen LogP contribution < -0.4 is 10.8 Å². The van der Waals surface area contributed by atoms with E-state index < -0.39 is 43.6 Å². The minimum Gasteiger partial charge on any atom is -0.480 e. The lowest BCUT2D eigenvalue weighted by Crippen LogP contribution is -2.49. The van der Waals surface area contributed by atoms with Gasteiger partial charge in [0.1, 0.15) is 23.7 Å². The molecule has 1 saturated carbocycles. The van der Waals surface area contributed by atoms with Gasteiger partial charge in [-0.25, -0.2) is 24.8 Å². The second-order valence-corrected chi connectivity index (χ2v) is 11.1. The quantitative estimate of drug-likeness (QED) is 0.279. The van der Waals surface area contributed by atoms with Crippen LogP contribution in [0.15, 0.2) is 12.7 Å². The summed E-state index contributed by atoms with van der Waals surface area (Å²) in [6, 6.07) is 0. The zero-order chi connectivity index (χ0) is 25.8. The summed E-state index contributed by atoms with van der Waals surface area (Å²) in [7, 11) is -3.97. The van der Waals surface area contributed by atoms with E-state index in [2.05, 4.69) is 20.0 Å². The van der Waals surface area contributed by atoms with Crippen LogP contribution in [-0.2, 0) is 34.7 Å². The van der Waals surface area contributed by atoms with E-state index >= 15 is 0 Å². The first-order valence-corrected chi connectivity index (χ1v) is 13.3. The molecule has 35 heavy (non-hydrogen) atoms. The first kappa shape index (κ1) is 27.0. The number of nitrogens with zero attached hydrogens (tertiary/aromatic N) is 4. The van der Waals surface area contributed by atoms with E-state index in [4.69, 9.17) is 19.7 Å². The van der Waals surface area contributed by atoms with Gasteiger partial charge in [0.2, 0.25) is 0 Å². The highest BCUT2D eigenvalue weighted by molar-refractivity contribution is 7.56. The standard InChI is InChI=1S/C21H33N6O7P/c1-13(2)33-19(28)15(4)34-35(31,26-21(20(29)30)7-5-6-8-21)12-32-14(3)9-27-11-25-16-17(22)23-10-24-18(16)27/h10-11,13-15H,5-9,12H2,1-4H3,(H,26,31)(H,29,30)(H2,22,23,24)/t14-,15+,35?/m1/s1. The molecule has 4 N–H and O–H groups in total. The third kappa shape index (κ3) is 6.54. The molecule has 0 aromatic carbocycles. The van der Waals surface area contributed by atoms with E-state index in [-0.39, 0.29) is 24.8 Å². The van der Waals surface area contributed by atoms with E-state index in [0.29, 0.717) is 30.6 Å². The monoisotopic (exact) mass is 512 g/mol. The van der Waals surface area contributed by atoms with Crippen molar-refractivity contribution in [2.45, 2.75) is 83.8 Å². The third-order valence-corrected chi connectivity index (χ3v) is 7.59. The maximum Gasteiger partial charge on any atom is 0.335 e. The summed E-state index contributed by atoms with van der Waals surface area (Å²) in [6.45, 7) is 6.82. The van der Waals surface area contributed by atoms with Gasteiger partial charge < -0.3 is 29.4 Å². The van der Waals surface area contributed by atoms with Crippen LogP contribution in [0, 0.1) is 0 Å². The number of carbonyl (C=O) groups excluding carboxylic acids is 1. The number of anilines is 1. The van der Waals surface area contributed by atoms with Crippen molar-refractivity contribution in [2.75, 3.05) is 12.1 Å². The molecule has 0 aliphatic heterocycles. The Kier molecular flexibility index (Phi) is 8.47. The van der Waals surface area contributed by atoms with Crippen LogP contribution in [0.25, 0.3) is 11.2 Å². The molecule has 0 radical (unpaired) electrons. The number of hydrogen-bond donors (Lipinski definition) is 3. The average Bonchev–Trinajstić information content (AvgIpc) is 3.41. The van der Waals surface area contributed by atoms with E-state index in [0.717, 1.165) is 0 Å². The summed E-state index contributed by atoms with van der Waals surface area (Å²) >= 11 is 0. The summed E-state index contributed by atoms with van der Waals surface area (Å²) in [5.74, 6) is -1.57. The predicted molar refractivity (Wildman–Crippen MR) is 127 cm³/mol. The van der Waals surface area contributed by atoms with Gasteiger partial charge in [-0.2, -0.15) is 0 Å². The molecule has 0 bridgehead atoms. The van der Waals surface area contributed by atoms with Crippen molar-refractivity contribution < 1.29 is 33.3 Å². The smallest absolute Gasteiger partial charge is 0.335 e. The van der Waals surface area contributed by atoms with Crippen molar-refractivity contribution >= 4 is 36.4 Å². The van der Waals surface area contributed by atoms with Crippen molar-refractivity contribution in [3.8, 4) is 0 Å². The number of nitrogens with one attached hydrogen (secondary N) is 1. The Morgan fingerprint density at radius 2 is 1.91 bits per heavy atom. The molecule has 3 rings (SSSR count). The molecule has 2 aromatic heterocycles. The minimum absolute atomic E-state index is 0.252. The Morgan fingerprint density at radius 3 is 2.54 bits per heavy atom. The fourth-order valence-corrected chi connectivity index (χ4v) is 6.18. The molecule has 1 unspecified atom stereocenters. The van der Waals surface area contributed by atoms with Crippen LogP contribution >= 0.6 is 7.52 Å². The SMILES string of the molecule is CC(C)OC(=O)[C@H](C)OP(=O)(CO[C@H](C)Cn1cnc2c(N)ncnc21)NC1(C(=O)O)CCCC1. The number of carboxylic acid groups (broad SMARTS) is 1. The Labute approximate surface area is 203 Å². The van der Waals surface area contributed by atoms with Gasteiger partial charge in [-0.1, -0.05) is 12.8 Å². The van der Waals surface area contributed by atoms with Crippen LogP contribution in [0.1, 0.15) is 53.4 Å². The number of ether oxygens (including phenoxy) is 2. The van der Waals surface area contributed by atoms with Gasteiger partial charge in [0.05, 0.1) is 25.1 Å². The highest BCUT2D eigenvalue weighted by atomic mass is 31.2. The molecule has 2 aromatic rings. The van der Waals surface area contributed by atoms with E-state index in [1.54, 1.807) is 31.7 Å². The average molecular weight is 513 g/mol. The van der Waals surface area contributed by atoms with Gasteiger partial charge in [-0.05, 0) is 40.5 Å². The topological polar surface area (TPSA) is 181 Å². The largest absolute Gasteiger partial charge is 0.480 e. The molecule has 194 valence electrons. The minimum atomic E-state index is -3.97. The van der Waals surface area contributed by atoms with Crippen LogP contribution in [-0.4, -0.2) is 66.8 Å². The zero-order valence-electron chi connectivity index (χ0n) is 20.3. The molecule has 1 fully saturated rings. The molecular weight excluding hydrogens is 479 g/mol. The Morgan fingerprint density at radius 1 is 1.23 bits per heavy atom. The lowest BCUT2D eigenvalue weighted by Gasteiger charge is -2.32. The number of nitrogens with two attached hydrogens (primary N) is 1. The van der Waals surface area contributed by atoms with E-state index in [9.17, 15) is 19.3 Å². The first-order chi connectivity index (χ1) is 16.4. The highest BCUT2D eigenvalue weighted by Gasteiger charge is 2.47. The number of carboxylic acids is 1. The maximum absolute atomic E-state index is 13.9. The fourth-order valence-electron chi connectivity index (χ4n) is 3.98. The number of carbonyl (C=O) groups is 2. The van der Waals surface area contributed by atoms with Crippen molar-refractivity contribution in [1.29, 1.82) is 0 Å². The van der Waals surface area contributed by atoms with Crippen molar-refractivity contribution in [3.63, 3.8) is 0 Å². The van der Waals surface area contributed by atoms with Crippen molar-refractivity contribution in [3.05, 3.63) is 12.7 Å². The molecule has 0 amide bonds. The number of nitrogen functional groups attached to an aromatic ring is 1. The van der Waals surface area contributed by atoms with Crippen LogP contribution in [0.4, 0.5) is 5.82 Å². The molecule has 0 spiro atoms. The lowest BCUT2D eigenvalue weighted by atomic mass is 10.0. The van der Waals surface area contributed by atoms with Gasteiger partial charge in [0.25, 0.3) is 7.52 Å². The van der Waals surface area contributed by atoms with Gasteiger partial charge >= 0.3 is 11.9 Å². The third-order valence-electron chi connectivity index (χ3n) is 5.68. The first-order valence-electron chi connectivity index (χ1n) is 11.5. The summed E-state index contributed by atoms with van der Waals surface area (Å²) in [6.07, 6.45) is 2.26. The van der Waals surface area contributed by atoms with E-state index in [1.807, 2.05) is 0 Å². The number of rotatable bonds is 12. The predicted octanol–water partition coefficient (Wildman–Crippen LogP) is 2.31. The molecule has 14 heteroatoms. The normalized spacial score (nSPS) is 18.9. The number of aliphatic carboxylic acids is 1. The second kappa shape index (κ2) is 11.0. The van der Waals surface area contributed by atoms with Crippen LogP contribution in [0.3, 0.4) is 0 Å². The van der Waals surface area contributed by atoms with Crippen LogP contribution in [0.2, 0.25) is 0 Å². The molecule has 13 nitrogen and oxygen atoms in total. The van der Waals surface area contributed by atoms with Gasteiger partial charge in [-0.3, -0.25) is 9.36 Å². The van der Waals surface area contributed by atoms with E-state index in [1.165, 1.54) is 13.3 Å². The molecular formula is C21H33N6O7P. The molecule has 0 saturated heterocycles. The molecule has 1 aliphatic rings. The van der Waals surface area contributed by atoms with Gasteiger partial charge in [0.15, 0.2) is 17.6 Å². The number of esters is 1. The number of imidazole rings is 1. The number of aromatic nitrogens is 4. The Hall–Kier alpha value is -2.60. The lowest BCUT2D eigenvalue weighted by molar-refractivity contribution is -0.155. The Balaban J connectivity index is 1.75. The second-order valence-electron chi connectivity index (χ2n) is 9.05. The van der Waals surface area contributed by atoms with Crippen LogP contribution in [0.5, 0.6) is 0 Å². The fraction of sp³-hybridized carbons (Fsp3) is 0.667. The van der Waals surface area contributed by atoms with Crippen molar-refractivity contribution in [1.82, 2.24) is 24.6 Å². The summed E-state index contributed by atoms with van der Waals surface area (Å²) in [4.78, 5) is 36.7. The summed E-state index contributed by atoms with van der Waals surface area (Å²) < 4.78 is 32.2. The maximum atomic E-state index is 13.9. The van der Waals surface area contributed by atoms with Gasteiger partial charge in [-0.15, -0.1) is 0 Å². The molecule has 3 atom stereocenters. The zero-order valence-corrected chi connectivity index (χ0v) is 21.2. The number of fused-ring (bicyclic) bond motifs is 1.